The third kappa shape index (κ3) is 6.20. The number of nitro groups is 1. The first-order chi connectivity index (χ1) is 17.3. The molecule has 2 amide bonds. The van der Waals surface area contributed by atoms with Gasteiger partial charge in [-0.1, -0.05) is 31.2 Å². The number of amides is 2. The van der Waals surface area contributed by atoms with Gasteiger partial charge in [0.05, 0.1) is 4.92 Å². The zero-order chi connectivity index (χ0) is 25.7. The molecule has 36 heavy (non-hydrogen) atoms. The topological polar surface area (TPSA) is 99.0 Å². The molecular formula is C27H35N5O4. The van der Waals surface area contributed by atoms with Gasteiger partial charge >= 0.3 is 0 Å². The van der Waals surface area contributed by atoms with Crippen LogP contribution >= 0.6 is 0 Å². The van der Waals surface area contributed by atoms with E-state index in [1.165, 1.54) is 31.4 Å². The molecule has 0 radical (unpaired) electrons. The van der Waals surface area contributed by atoms with E-state index < -0.39 is 4.92 Å². The highest BCUT2D eigenvalue weighted by atomic mass is 16.6. The Balaban J connectivity index is 1.41. The van der Waals surface area contributed by atoms with Gasteiger partial charge in [-0.3, -0.25) is 24.6 Å². The Bertz CT molecular complexity index is 1110. The average molecular weight is 494 g/mol. The van der Waals surface area contributed by atoms with Gasteiger partial charge in [-0.25, -0.2) is 0 Å². The Morgan fingerprint density at radius 3 is 2.31 bits per heavy atom. The maximum Gasteiger partial charge on any atom is 0.293 e. The molecule has 2 fully saturated rings. The van der Waals surface area contributed by atoms with Gasteiger partial charge in [0.1, 0.15) is 5.69 Å². The van der Waals surface area contributed by atoms with Gasteiger partial charge in [-0.05, 0) is 55.1 Å². The van der Waals surface area contributed by atoms with E-state index in [1.54, 1.807) is 17.0 Å². The summed E-state index contributed by atoms with van der Waals surface area (Å²) in [5.41, 5.74) is 2.88. The van der Waals surface area contributed by atoms with Gasteiger partial charge in [0, 0.05) is 57.8 Å². The molecule has 0 unspecified atom stereocenters. The van der Waals surface area contributed by atoms with Crippen molar-refractivity contribution < 1.29 is 14.5 Å². The second-order valence-electron chi connectivity index (χ2n) is 9.86. The summed E-state index contributed by atoms with van der Waals surface area (Å²) in [6.45, 7) is 9.28. The van der Waals surface area contributed by atoms with Crippen LogP contribution in [-0.4, -0.2) is 65.8 Å². The van der Waals surface area contributed by atoms with Gasteiger partial charge in [0.25, 0.3) is 11.6 Å². The van der Waals surface area contributed by atoms with Crippen molar-refractivity contribution in [3.05, 3.63) is 69.3 Å². The first kappa shape index (κ1) is 25.6. The largest absolute Gasteiger partial charge is 0.362 e. The van der Waals surface area contributed by atoms with Crippen molar-refractivity contribution in [1.29, 1.82) is 0 Å². The van der Waals surface area contributed by atoms with E-state index in [0.717, 1.165) is 31.1 Å². The normalized spacial score (nSPS) is 17.2. The van der Waals surface area contributed by atoms with E-state index in [9.17, 15) is 19.7 Å². The second kappa shape index (κ2) is 11.5. The third-order valence-corrected chi connectivity index (χ3v) is 7.33. The number of nitrogens with one attached hydrogen (secondary N) is 1. The lowest BCUT2D eigenvalue weighted by Crippen LogP contribution is -2.48. The van der Waals surface area contributed by atoms with Gasteiger partial charge in [0.2, 0.25) is 5.91 Å². The maximum atomic E-state index is 12.9. The number of piperazine rings is 1. The standard InChI is InChI=1S/C27H35N5O4/c1-20-9-11-29(12-10-20)19-24-6-4-3-5-23(24)18-28-27(34)22-7-8-25(26(17-22)32(35)36)31-15-13-30(14-16-31)21(2)33/h3-8,17,20H,9-16,18-19H2,1-2H3,(H,28,34). The first-order valence-electron chi connectivity index (χ1n) is 12.7. The number of carbonyl (C=O) groups excluding carboxylic acids is 2. The smallest absolute Gasteiger partial charge is 0.293 e. The van der Waals surface area contributed by atoms with E-state index in [4.69, 9.17) is 0 Å². The summed E-state index contributed by atoms with van der Waals surface area (Å²) in [6, 6.07) is 12.7. The fourth-order valence-corrected chi connectivity index (χ4v) is 4.96. The molecule has 2 aromatic carbocycles. The molecule has 0 saturated carbocycles. The molecule has 2 saturated heterocycles. The number of rotatable bonds is 7. The lowest BCUT2D eigenvalue weighted by atomic mass is 9.98. The molecule has 0 atom stereocenters. The third-order valence-electron chi connectivity index (χ3n) is 7.33. The summed E-state index contributed by atoms with van der Waals surface area (Å²) in [5.74, 6) is 0.437. The van der Waals surface area contributed by atoms with Crippen molar-refractivity contribution in [2.45, 2.75) is 39.8 Å². The van der Waals surface area contributed by atoms with Crippen molar-refractivity contribution in [1.82, 2.24) is 15.1 Å². The van der Waals surface area contributed by atoms with Crippen LogP contribution < -0.4 is 10.2 Å². The zero-order valence-corrected chi connectivity index (χ0v) is 21.1. The van der Waals surface area contributed by atoms with Crippen LogP contribution in [0.5, 0.6) is 0 Å². The van der Waals surface area contributed by atoms with Crippen molar-refractivity contribution in [2.75, 3.05) is 44.2 Å². The molecule has 2 aliphatic rings. The minimum absolute atomic E-state index is 0.00303. The Morgan fingerprint density at radius 2 is 1.67 bits per heavy atom. The second-order valence-corrected chi connectivity index (χ2v) is 9.86. The van der Waals surface area contributed by atoms with Crippen LogP contribution in [-0.2, 0) is 17.9 Å². The molecule has 0 bridgehead atoms. The number of carbonyl (C=O) groups is 2. The summed E-state index contributed by atoms with van der Waals surface area (Å²) in [7, 11) is 0. The molecule has 2 aliphatic heterocycles. The maximum absolute atomic E-state index is 12.9. The molecule has 4 rings (SSSR count). The minimum Gasteiger partial charge on any atom is -0.362 e. The van der Waals surface area contributed by atoms with Crippen LogP contribution in [0.3, 0.4) is 0 Å². The van der Waals surface area contributed by atoms with Crippen molar-refractivity contribution in [2.24, 2.45) is 5.92 Å². The zero-order valence-electron chi connectivity index (χ0n) is 21.1. The lowest BCUT2D eigenvalue weighted by molar-refractivity contribution is -0.384. The van der Waals surface area contributed by atoms with Crippen LogP contribution in [0.25, 0.3) is 0 Å². The summed E-state index contributed by atoms with van der Waals surface area (Å²) in [5, 5.41) is 14.8. The molecule has 2 heterocycles. The molecule has 0 spiro atoms. The Hall–Kier alpha value is -3.46. The predicted octanol–water partition coefficient (Wildman–Crippen LogP) is 3.43. The number of piperidine rings is 1. The summed E-state index contributed by atoms with van der Waals surface area (Å²) < 4.78 is 0. The fourth-order valence-electron chi connectivity index (χ4n) is 4.96. The number of benzene rings is 2. The molecule has 2 aromatic rings. The number of hydrogen-bond acceptors (Lipinski definition) is 6. The van der Waals surface area contributed by atoms with Gasteiger partial charge in [0.15, 0.2) is 0 Å². The molecular weight excluding hydrogens is 458 g/mol. The predicted molar refractivity (Wildman–Crippen MR) is 139 cm³/mol. The number of nitrogens with zero attached hydrogens (tertiary/aromatic N) is 4. The van der Waals surface area contributed by atoms with Crippen molar-refractivity contribution in [3.8, 4) is 0 Å². The molecule has 9 nitrogen and oxygen atoms in total. The van der Waals surface area contributed by atoms with Gasteiger partial charge in [-0.15, -0.1) is 0 Å². The van der Waals surface area contributed by atoms with Crippen LogP contribution in [0.4, 0.5) is 11.4 Å². The summed E-state index contributed by atoms with van der Waals surface area (Å²) in [6.07, 6.45) is 2.42. The Labute approximate surface area is 212 Å². The van der Waals surface area contributed by atoms with Crippen LogP contribution in [0.1, 0.15) is 48.2 Å². The van der Waals surface area contributed by atoms with Crippen LogP contribution in [0.15, 0.2) is 42.5 Å². The van der Waals surface area contributed by atoms with E-state index in [-0.39, 0.29) is 23.1 Å². The SMILES string of the molecule is CC(=O)N1CCN(c2ccc(C(=O)NCc3ccccc3CN3CCC(C)CC3)cc2[N+](=O)[O-])CC1. The van der Waals surface area contributed by atoms with Gasteiger partial charge in [-0.2, -0.15) is 0 Å². The molecule has 192 valence electrons. The molecule has 9 heteroatoms. The minimum atomic E-state index is -0.446. The molecule has 1 N–H and O–H groups in total. The highest BCUT2D eigenvalue weighted by molar-refractivity contribution is 5.95. The van der Waals surface area contributed by atoms with E-state index in [0.29, 0.717) is 38.4 Å². The quantitative estimate of drug-likeness (QED) is 0.469. The number of nitro benzene ring substituents is 1. The monoisotopic (exact) mass is 493 g/mol. The van der Waals surface area contributed by atoms with Crippen molar-refractivity contribution >= 4 is 23.2 Å². The Kier molecular flexibility index (Phi) is 8.20. The lowest BCUT2D eigenvalue weighted by Gasteiger charge is -2.35. The van der Waals surface area contributed by atoms with Gasteiger partial charge < -0.3 is 15.1 Å². The van der Waals surface area contributed by atoms with E-state index >= 15 is 0 Å². The Morgan fingerprint density at radius 1 is 1.00 bits per heavy atom. The van der Waals surface area contributed by atoms with Crippen LogP contribution in [0.2, 0.25) is 0 Å². The summed E-state index contributed by atoms with van der Waals surface area (Å²) >= 11 is 0. The first-order valence-corrected chi connectivity index (χ1v) is 12.7. The number of anilines is 1. The number of hydrogen-bond donors (Lipinski definition) is 1. The highest BCUT2D eigenvalue weighted by Gasteiger charge is 2.26. The average Bonchev–Trinajstić information content (AvgIpc) is 2.89. The summed E-state index contributed by atoms with van der Waals surface area (Å²) in [4.78, 5) is 42.0. The van der Waals surface area contributed by atoms with Crippen LogP contribution in [0, 0.1) is 16.0 Å². The van der Waals surface area contributed by atoms with E-state index in [1.807, 2.05) is 23.1 Å². The highest BCUT2D eigenvalue weighted by Crippen LogP contribution is 2.30. The molecule has 0 aliphatic carbocycles. The molecule has 0 aromatic heterocycles. The van der Waals surface area contributed by atoms with E-state index in [2.05, 4.69) is 23.2 Å². The van der Waals surface area contributed by atoms with Crippen molar-refractivity contribution in [3.63, 3.8) is 0 Å². The number of likely N-dealkylation sites (tertiary alicyclic amines) is 1. The fraction of sp³-hybridized carbons (Fsp3) is 0.481.